The van der Waals surface area contributed by atoms with Gasteiger partial charge in [0.1, 0.15) is 0 Å². The quantitative estimate of drug-likeness (QED) is 0.634. The van der Waals surface area contributed by atoms with Crippen LogP contribution in [0.1, 0.15) is 45.4 Å². The first-order valence-corrected chi connectivity index (χ1v) is 5.75. The number of hydrogen-bond acceptors (Lipinski definition) is 2. The molecule has 0 aromatic rings. The van der Waals surface area contributed by atoms with E-state index in [0.29, 0.717) is 12.5 Å². The number of amides is 1. The van der Waals surface area contributed by atoms with Crippen molar-refractivity contribution in [2.24, 2.45) is 11.7 Å². The van der Waals surface area contributed by atoms with E-state index < -0.39 is 0 Å². The standard InChI is InChI=1S/C11H22N2O/c1-2-9-5-3-6-10(9)13-8-4-7-11(12)14/h9-10,13H,2-8H2,1H3,(H2,12,14). The fourth-order valence-electron chi connectivity index (χ4n) is 2.34. The van der Waals surface area contributed by atoms with Gasteiger partial charge in [0.25, 0.3) is 0 Å². The topological polar surface area (TPSA) is 55.1 Å². The maximum absolute atomic E-state index is 10.5. The number of rotatable bonds is 6. The van der Waals surface area contributed by atoms with Gasteiger partial charge < -0.3 is 11.1 Å². The largest absolute Gasteiger partial charge is 0.370 e. The number of nitrogens with two attached hydrogens (primary N) is 1. The van der Waals surface area contributed by atoms with Gasteiger partial charge in [-0.05, 0) is 31.7 Å². The predicted molar refractivity (Wildman–Crippen MR) is 57.9 cm³/mol. The molecule has 1 aliphatic carbocycles. The van der Waals surface area contributed by atoms with E-state index in [9.17, 15) is 4.79 Å². The first kappa shape index (κ1) is 11.5. The van der Waals surface area contributed by atoms with Crippen molar-refractivity contribution in [2.75, 3.05) is 6.54 Å². The van der Waals surface area contributed by atoms with Crippen LogP contribution < -0.4 is 11.1 Å². The van der Waals surface area contributed by atoms with Crippen molar-refractivity contribution in [1.29, 1.82) is 0 Å². The van der Waals surface area contributed by atoms with Crippen LogP contribution in [0.25, 0.3) is 0 Å². The Morgan fingerprint density at radius 3 is 2.93 bits per heavy atom. The summed E-state index contributed by atoms with van der Waals surface area (Å²) in [6, 6.07) is 0.688. The van der Waals surface area contributed by atoms with Crippen LogP contribution in [0, 0.1) is 5.92 Å². The van der Waals surface area contributed by atoms with Crippen LogP contribution in [0.5, 0.6) is 0 Å². The van der Waals surface area contributed by atoms with Gasteiger partial charge in [-0.25, -0.2) is 0 Å². The van der Waals surface area contributed by atoms with Crippen molar-refractivity contribution in [3.8, 4) is 0 Å². The summed E-state index contributed by atoms with van der Waals surface area (Å²) < 4.78 is 0. The fourth-order valence-corrected chi connectivity index (χ4v) is 2.34. The molecule has 0 radical (unpaired) electrons. The molecule has 1 fully saturated rings. The van der Waals surface area contributed by atoms with Crippen LogP contribution in [0.15, 0.2) is 0 Å². The lowest BCUT2D eigenvalue weighted by Crippen LogP contribution is -2.33. The third kappa shape index (κ3) is 3.66. The number of primary amides is 1. The Hall–Kier alpha value is -0.570. The summed E-state index contributed by atoms with van der Waals surface area (Å²) in [5, 5.41) is 3.53. The second-order valence-electron chi connectivity index (χ2n) is 4.23. The lowest BCUT2D eigenvalue weighted by Gasteiger charge is -2.19. The monoisotopic (exact) mass is 198 g/mol. The van der Waals surface area contributed by atoms with Crippen LogP contribution in [-0.2, 0) is 4.79 Å². The van der Waals surface area contributed by atoms with Gasteiger partial charge >= 0.3 is 0 Å². The van der Waals surface area contributed by atoms with Crippen LogP contribution in [0.3, 0.4) is 0 Å². The lowest BCUT2D eigenvalue weighted by molar-refractivity contribution is -0.118. The molecule has 0 aromatic carbocycles. The minimum atomic E-state index is -0.190. The van der Waals surface area contributed by atoms with Gasteiger partial charge in [0.2, 0.25) is 5.91 Å². The van der Waals surface area contributed by atoms with Gasteiger partial charge in [-0.3, -0.25) is 4.79 Å². The lowest BCUT2D eigenvalue weighted by atomic mass is 10.0. The molecule has 2 atom stereocenters. The molecule has 3 nitrogen and oxygen atoms in total. The summed E-state index contributed by atoms with van der Waals surface area (Å²) in [6.45, 7) is 3.19. The normalized spacial score (nSPS) is 26.6. The number of hydrogen-bond donors (Lipinski definition) is 2. The molecule has 1 amide bonds. The van der Waals surface area contributed by atoms with Crippen LogP contribution in [-0.4, -0.2) is 18.5 Å². The van der Waals surface area contributed by atoms with Crippen molar-refractivity contribution in [3.63, 3.8) is 0 Å². The summed E-state index contributed by atoms with van der Waals surface area (Å²) in [5.74, 6) is 0.661. The molecule has 1 saturated carbocycles. The highest BCUT2D eigenvalue weighted by atomic mass is 16.1. The van der Waals surface area contributed by atoms with E-state index in [-0.39, 0.29) is 5.91 Å². The minimum absolute atomic E-state index is 0.190. The van der Waals surface area contributed by atoms with Crippen LogP contribution in [0.2, 0.25) is 0 Å². The van der Waals surface area contributed by atoms with Crippen LogP contribution >= 0.6 is 0 Å². The van der Waals surface area contributed by atoms with Crippen molar-refractivity contribution in [2.45, 2.75) is 51.5 Å². The van der Waals surface area contributed by atoms with Gasteiger partial charge in [-0.1, -0.05) is 19.8 Å². The maximum Gasteiger partial charge on any atom is 0.217 e. The van der Waals surface area contributed by atoms with E-state index in [1.807, 2.05) is 0 Å². The highest BCUT2D eigenvalue weighted by molar-refractivity contribution is 5.73. The Balaban J connectivity index is 2.08. The Morgan fingerprint density at radius 1 is 1.50 bits per heavy atom. The van der Waals surface area contributed by atoms with Gasteiger partial charge in [0.05, 0.1) is 0 Å². The van der Waals surface area contributed by atoms with E-state index >= 15 is 0 Å². The first-order valence-electron chi connectivity index (χ1n) is 5.75. The smallest absolute Gasteiger partial charge is 0.217 e. The van der Waals surface area contributed by atoms with Gasteiger partial charge in [0, 0.05) is 12.5 Å². The molecule has 0 aliphatic heterocycles. The summed E-state index contributed by atoms with van der Waals surface area (Å²) in [5.41, 5.74) is 5.07. The van der Waals surface area contributed by atoms with Crippen molar-refractivity contribution in [3.05, 3.63) is 0 Å². The summed E-state index contributed by atoms with van der Waals surface area (Å²) in [4.78, 5) is 10.5. The molecule has 0 aromatic heterocycles. The maximum atomic E-state index is 10.5. The Morgan fingerprint density at radius 2 is 2.29 bits per heavy atom. The van der Waals surface area contributed by atoms with Crippen molar-refractivity contribution < 1.29 is 4.79 Å². The first-order chi connectivity index (χ1) is 6.74. The third-order valence-electron chi connectivity index (χ3n) is 3.19. The molecule has 3 heteroatoms. The molecule has 0 heterocycles. The van der Waals surface area contributed by atoms with Gasteiger partial charge in [-0.15, -0.1) is 0 Å². The summed E-state index contributed by atoms with van der Waals surface area (Å²) in [6.07, 6.45) is 6.68. The van der Waals surface area contributed by atoms with Crippen molar-refractivity contribution >= 4 is 5.91 Å². The third-order valence-corrected chi connectivity index (χ3v) is 3.19. The Labute approximate surface area is 86.4 Å². The van der Waals surface area contributed by atoms with Crippen LogP contribution in [0.4, 0.5) is 0 Å². The molecule has 2 unspecified atom stereocenters. The highest BCUT2D eigenvalue weighted by Gasteiger charge is 2.24. The molecule has 1 rings (SSSR count). The second-order valence-corrected chi connectivity index (χ2v) is 4.23. The predicted octanol–water partition coefficient (Wildman–Crippen LogP) is 1.42. The zero-order chi connectivity index (χ0) is 10.4. The average molecular weight is 198 g/mol. The SMILES string of the molecule is CCC1CCCC1NCCCC(N)=O. The van der Waals surface area contributed by atoms with E-state index in [2.05, 4.69) is 12.2 Å². The minimum Gasteiger partial charge on any atom is -0.370 e. The van der Waals surface area contributed by atoms with E-state index in [1.54, 1.807) is 0 Å². The highest BCUT2D eigenvalue weighted by Crippen LogP contribution is 2.27. The second kappa shape index (κ2) is 6.02. The molecule has 0 saturated heterocycles. The number of carbonyl (C=O) groups is 1. The molecule has 3 N–H and O–H groups in total. The Bertz CT molecular complexity index is 182. The molecular formula is C11H22N2O. The van der Waals surface area contributed by atoms with Gasteiger partial charge in [0.15, 0.2) is 0 Å². The molecule has 14 heavy (non-hydrogen) atoms. The van der Waals surface area contributed by atoms with Crippen molar-refractivity contribution in [1.82, 2.24) is 5.32 Å². The zero-order valence-corrected chi connectivity index (χ0v) is 9.09. The number of carbonyl (C=O) groups excluding carboxylic acids is 1. The average Bonchev–Trinajstić information content (AvgIpc) is 2.59. The summed E-state index contributed by atoms with van der Waals surface area (Å²) in [7, 11) is 0. The molecule has 82 valence electrons. The summed E-state index contributed by atoms with van der Waals surface area (Å²) >= 11 is 0. The van der Waals surface area contributed by atoms with Gasteiger partial charge in [-0.2, -0.15) is 0 Å². The molecule has 1 aliphatic rings. The molecule has 0 spiro atoms. The number of nitrogens with one attached hydrogen (secondary N) is 1. The Kier molecular flexibility index (Phi) is 4.94. The molecule has 0 bridgehead atoms. The zero-order valence-electron chi connectivity index (χ0n) is 9.09. The fraction of sp³-hybridized carbons (Fsp3) is 0.909. The van der Waals surface area contributed by atoms with E-state index in [4.69, 9.17) is 5.73 Å². The molecular weight excluding hydrogens is 176 g/mol. The van der Waals surface area contributed by atoms with E-state index in [1.165, 1.54) is 25.7 Å². The van der Waals surface area contributed by atoms with E-state index in [0.717, 1.165) is 18.9 Å².